The third-order valence-electron chi connectivity index (χ3n) is 8.94. The van der Waals surface area contributed by atoms with Gasteiger partial charge < -0.3 is 54.6 Å². The van der Waals surface area contributed by atoms with Gasteiger partial charge in [-0.2, -0.15) is 23.5 Å². The van der Waals surface area contributed by atoms with Gasteiger partial charge in [-0.3, -0.25) is 29.0 Å². The Labute approximate surface area is 323 Å². The zero-order chi connectivity index (χ0) is 40.5. The van der Waals surface area contributed by atoms with Gasteiger partial charge in [0.2, 0.25) is 29.5 Å². The van der Waals surface area contributed by atoms with E-state index in [2.05, 4.69) is 31.6 Å². The zero-order valence-electron chi connectivity index (χ0n) is 32.3. The van der Waals surface area contributed by atoms with Crippen molar-refractivity contribution in [3.63, 3.8) is 0 Å². The van der Waals surface area contributed by atoms with E-state index < -0.39 is 71.8 Å². The molecule has 14 N–H and O–H groups in total. The number of carboxylic acids is 1. The van der Waals surface area contributed by atoms with Crippen LogP contribution in [0.15, 0.2) is 4.99 Å². The van der Waals surface area contributed by atoms with Crippen LogP contribution < -0.4 is 49.5 Å². The van der Waals surface area contributed by atoms with E-state index in [1.165, 1.54) is 23.5 Å². The summed E-state index contributed by atoms with van der Waals surface area (Å²) in [6.07, 6.45) is 7.23. The molecule has 0 aliphatic rings. The van der Waals surface area contributed by atoms with Crippen LogP contribution in [0.25, 0.3) is 0 Å². The Balaban J connectivity index is 6.10. The summed E-state index contributed by atoms with van der Waals surface area (Å²) in [6, 6.07) is -6.24. The minimum absolute atomic E-state index is 0.0640. The van der Waals surface area contributed by atoms with Crippen molar-refractivity contribution in [2.45, 2.75) is 122 Å². The number of nitrogens with one attached hydrogen (secondary N) is 5. The second kappa shape index (κ2) is 28.2. The molecule has 0 aromatic carbocycles. The summed E-state index contributed by atoms with van der Waals surface area (Å²) in [4.78, 5) is 83.3. The van der Waals surface area contributed by atoms with Crippen molar-refractivity contribution in [3.8, 4) is 0 Å². The number of nitrogens with two attached hydrogens (primary N) is 4. The molecule has 53 heavy (non-hydrogen) atoms. The van der Waals surface area contributed by atoms with E-state index in [1.807, 2.05) is 26.4 Å². The SMILES string of the molecule is CC[C@H](C)[C@H](NC(=O)[C@H](CCCCN)NC(=O)[C@H](CCSC)NC(=O)[C@H](CCSC)NC(=O)[C@@H](NC(=O)[C@@H](N)CCCN=C(N)N)[C@@H](C)CC)C(=O)O. The number of carbonyl (C=O) groups excluding carboxylic acids is 5. The van der Waals surface area contributed by atoms with Gasteiger partial charge in [0.05, 0.1) is 6.04 Å². The highest BCUT2D eigenvalue weighted by Crippen LogP contribution is 2.13. The number of nitrogens with zero attached hydrogens (tertiary/aromatic N) is 1. The molecule has 17 nitrogen and oxygen atoms in total. The number of guanidine groups is 1. The molecule has 0 aromatic rings. The molecule has 306 valence electrons. The molecule has 0 unspecified atom stereocenters. The van der Waals surface area contributed by atoms with Gasteiger partial charge in [-0.05, 0) is 87.3 Å². The first-order valence-corrected chi connectivity index (χ1v) is 21.1. The number of carbonyl (C=O) groups is 6. The van der Waals surface area contributed by atoms with Crippen LogP contribution in [0.3, 0.4) is 0 Å². The first-order chi connectivity index (χ1) is 25.1. The van der Waals surface area contributed by atoms with Gasteiger partial charge in [0.1, 0.15) is 30.2 Å². The van der Waals surface area contributed by atoms with Crippen molar-refractivity contribution < 1.29 is 33.9 Å². The number of hydrogen-bond acceptors (Lipinski definition) is 11. The molecule has 0 aliphatic heterocycles. The van der Waals surface area contributed by atoms with Crippen LogP contribution in [0, 0.1) is 11.8 Å². The van der Waals surface area contributed by atoms with Gasteiger partial charge in [-0.15, -0.1) is 0 Å². The molecule has 0 aliphatic carbocycles. The molecule has 5 amide bonds. The molecule has 0 radical (unpaired) electrons. The van der Waals surface area contributed by atoms with Crippen LogP contribution in [-0.2, 0) is 28.8 Å². The van der Waals surface area contributed by atoms with E-state index in [1.54, 1.807) is 13.8 Å². The van der Waals surface area contributed by atoms with Crippen LogP contribution in [0.1, 0.15) is 85.5 Å². The predicted octanol–water partition coefficient (Wildman–Crippen LogP) is -0.397. The summed E-state index contributed by atoms with van der Waals surface area (Å²) >= 11 is 2.93. The Morgan fingerprint density at radius 2 is 1.09 bits per heavy atom. The lowest BCUT2D eigenvalue weighted by Gasteiger charge is -2.29. The fourth-order valence-electron chi connectivity index (χ4n) is 5.13. The van der Waals surface area contributed by atoms with Crippen LogP contribution in [0.5, 0.6) is 0 Å². The van der Waals surface area contributed by atoms with Gasteiger partial charge >= 0.3 is 5.97 Å². The first kappa shape index (κ1) is 49.7. The zero-order valence-corrected chi connectivity index (χ0v) is 33.9. The molecule has 0 aromatic heterocycles. The third kappa shape index (κ3) is 20.1. The van der Waals surface area contributed by atoms with Crippen LogP contribution in [0.4, 0.5) is 0 Å². The van der Waals surface area contributed by atoms with Crippen molar-refractivity contribution in [1.29, 1.82) is 0 Å². The van der Waals surface area contributed by atoms with E-state index in [-0.39, 0.29) is 43.5 Å². The maximum Gasteiger partial charge on any atom is 0.326 e. The number of thioether (sulfide) groups is 2. The number of aliphatic carboxylic acids is 1. The van der Waals surface area contributed by atoms with Crippen molar-refractivity contribution in [2.75, 3.05) is 37.1 Å². The highest BCUT2D eigenvalue weighted by Gasteiger charge is 2.34. The fourth-order valence-corrected chi connectivity index (χ4v) is 6.07. The number of rotatable bonds is 29. The molecule has 0 saturated carbocycles. The number of aliphatic imine (C=N–C) groups is 1. The molecule has 19 heteroatoms. The number of hydrogen-bond donors (Lipinski definition) is 10. The quantitative estimate of drug-likeness (QED) is 0.0263. The number of carboxylic acid groups (broad SMARTS) is 1. The lowest BCUT2D eigenvalue weighted by molar-refractivity contribution is -0.144. The molecule has 0 bridgehead atoms. The summed E-state index contributed by atoms with van der Waals surface area (Å²) in [5.41, 5.74) is 22.4. The highest BCUT2D eigenvalue weighted by atomic mass is 32.2. The molecular weight excluding hydrogens is 725 g/mol. The van der Waals surface area contributed by atoms with Gasteiger partial charge in [-0.1, -0.05) is 40.5 Å². The van der Waals surface area contributed by atoms with Gasteiger partial charge in [0.25, 0.3) is 0 Å². The Morgan fingerprint density at radius 1 is 0.642 bits per heavy atom. The molecule has 0 spiro atoms. The molecule has 0 rings (SSSR count). The lowest BCUT2D eigenvalue weighted by Crippen LogP contribution is -2.60. The van der Waals surface area contributed by atoms with E-state index in [4.69, 9.17) is 22.9 Å². The van der Waals surface area contributed by atoms with Crippen LogP contribution in [-0.4, -0.2) is 120 Å². The maximum absolute atomic E-state index is 13.8. The molecular formula is C34H66N10O7S2. The number of unbranched alkanes of at least 4 members (excludes halogenated alkanes) is 1. The Hall–Kier alpha value is -3.29. The maximum atomic E-state index is 13.8. The van der Waals surface area contributed by atoms with E-state index in [9.17, 15) is 33.9 Å². The Bertz CT molecular complexity index is 1180. The normalized spacial score (nSPS) is 15.6. The smallest absolute Gasteiger partial charge is 0.326 e. The van der Waals surface area contributed by atoms with Crippen molar-refractivity contribution in [1.82, 2.24) is 26.6 Å². The van der Waals surface area contributed by atoms with Crippen LogP contribution in [0.2, 0.25) is 0 Å². The van der Waals surface area contributed by atoms with E-state index in [0.717, 1.165) is 0 Å². The summed E-state index contributed by atoms with van der Waals surface area (Å²) in [5.74, 6) is -3.88. The number of amides is 5. The summed E-state index contributed by atoms with van der Waals surface area (Å²) < 4.78 is 0. The first-order valence-electron chi connectivity index (χ1n) is 18.3. The third-order valence-corrected chi connectivity index (χ3v) is 10.2. The van der Waals surface area contributed by atoms with Gasteiger partial charge in [0, 0.05) is 6.54 Å². The molecule has 0 fully saturated rings. The molecule has 8 atom stereocenters. The largest absolute Gasteiger partial charge is 0.480 e. The Kier molecular flexibility index (Phi) is 26.4. The summed E-state index contributed by atoms with van der Waals surface area (Å²) in [7, 11) is 0. The molecule has 0 saturated heterocycles. The minimum Gasteiger partial charge on any atom is -0.480 e. The van der Waals surface area contributed by atoms with E-state index >= 15 is 0 Å². The standard InChI is InChI=1S/C34H66N10O7S2/c1-7-20(3)26(43-28(45)22(36)12-11-17-39-34(37)38)32(49)42-25(15-19-53-6)30(47)41-24(14-18-52-5)29(46)40-23(13-9-10-16-35)31(48)44-27(33(50)51)21(4)8-2/h20-27H,7-19,35-36H2,1-6H3,(H,40,46)(H,41,47)(H,42,49)(H,43,45)(H,44,48)(H,50,51)(H4,37,38,39)/t20-,21-,22-,23-,24-,25-,26-,27-/m0/s1. The van der Waals surface area contributed by atoms with Crippen molar-refractivity contribution in [2.24, 2.45) is 39.8 Å². The fraction of sp³-hybridized carbons (Fsp3) is 0.794. The van der Waals surface area contributed by atoms with E-state index in [0.29, 0.717) is 56.7 Å². The Morgan fingerprint density at radius 3 is 1.55 bits per heavy atom. The minimum atomic E-state index is -1.18. The topological polar surface area (TPSA) is 299 Å². The second-order valence-electron chi connectivity index (χ2n) is 13.2. The van der Waals surface area contributed by atoms with Crippen LogP contribution >= 0.6 is 23.5 Å². The summed E-state index contributed by atoms with van der Waals surface area (Å²) in [5, 5.41) is 23.3. The summed E-state index contributed by atoms with van der Waals surface area (Å²) in [6.45, 7) is 7.88. The lowest BCUT2D eigenvalue weighted by atomic mass is 9.97. The highest BCUT2D eigenvalue weighted by molar-refractivity contribution is 7.98. The van der Waals surface area contributed by atoms with Crippen molar-refractivity contribution in [3.05, 3.63) is 0 Å². The molecule has 0 heterocycles. The van der Waals surface area contributed by atoms with Gasteiger partial charge in [-0.25, -0.2) is 4.79 Å². The average Bonchev–Trinajstić information content (AvgIpc) is 3.12. The van der Waals surface area contributed by atoms with Gasteiger partial charge in [0.15, 0.2) is 5.96 Å². The van der Waals surface area contributed by atoms with Crippen molar-refractivity contribution >= 4 is 65.0 Å². The average molecular weight is 791 g/mol. The monoisotopic (exact) mass is 790 g/mol. The predicted molar refractivity (Wildman–Crippen MR) is 213 cm³/mol. The second-order valence-corrected chi connectivity index (χ2v) is 15.1.